The Morgan fingerprint density at radius 2 is 2.24 bits per heavy atom. The molecule has 1 heterocycles. The molecule has 0 aromatic heterocycles. The molecule has 1 aliphatic heterocycles. The van der Waals surface area contributed by atoms with Gasteiger partial charge >= 0.3 is 0 Å². The highest BCUT2D eigenvalue weighted by Crippen LogP contribution is 2.28. The van der Waals surface area contributed by atoms with Crippen LogP contribution in [-0.2, 0) is 14.8 Å². The van der Waals surface area contributed by atoms with Crippen LogP contribution in [0.2, 0.25) is 5.02 Å². The fourth-order valence-electron chi connectivity index (χ4n) is 2.32. The zero-order valence-electron chi connectivity index (χ0n) is 11.7. The van der Waals surface area contributed by atoms with Crippen LogP contribution >= 0.6 is 11.6 Å². The molecule has 21 heavy (non-hydrogen) atoms. The number of ether oxygens (including phenoxy) is 1. The molecular formula is C13H18ClFN2O3S. The number of likely N-dealkylation sites (N-methyl/N-ethyl adjacent to an activating group) is 1. The first-order valence-electron chi connectivity index (χ1n) is 6.72. The van der Waals surface area contributed by atoms with Gasteiger partial charge in [-0.1, -0.05) is 18.5 Å². The predicted octanol–water partition coefficient (Wildman–Crippen LogP) is 2.25. The molecule has 0 radical (unpaired) electrons. The third-order valence-corrected chi connectivity index (χ3v) is 5.63. The number of benzene rings is 1. The van der Waals surface area contributed by atoms with Gasteiger partial charge in [-0.2, -0.15) is 4.31 Å². The molecule has 2 rings (SSSR count). The van der Waals surface area contributed by atoms with E-state index in [9.17, 15) is 12.8 Å². The Bertz CT molecular complexity index is 618. The third-order valence-electron chi connectivity index (χ3n) is 3.42. The molecule has 1 saturated heterocycles. The largest absolute Gasteiger partial charge is 0.399 e. The lowest BCUT2D eigenvalue weighted by atomic mass is 10.2. The molecule has 1 aliphatic rings. The highest BCUT2D eigenvalue weighted by molar-refractivity contribution is 7.89. The lowest BCUT2D eigenvalue weighted by Gasteiger charge is -2.24. The van der Waals surface area contributed by atoms with Crippen molar-refractivity contribution in [3.8, 4) is 0 Å². The normalized spacial score (nSPS) is 19.3. The van der Waals surface area contributed by atoms with Crippen LogP contribution in [-0.4, -0.2) is 38.5 Å². The Kier molecular flexibility index (Phi) is 5.08. The molecule has 0 bridgehead atoms. The second kappa shape index (κ2) is 6.48. The Labute approximate surface area is 128 Å². The first-order valence-corrected chi connectivity index (χ1v) is 8.54. The molecule has 0 amide bonds. The fourth-order valence-corrected chi connectivity index (χ4v) is 4.21. The van der Waals surface area contributed by atoms with Crippen molar-refractivity contribution in [2.45, 2.75) is 30.8 Å². The van der Waals surface area contributed by atoms with Crippen molar-refractivity contribution < 1.29 is 17.5 Å². The lowest BCUT2D eigenvalue weighted by molar-refractivity contribution is 0.0946. The maximum atomic E-state index is 14.1. The van der Waals surface area contributed by atoms with Crippen LogP contribution in [0, 0.1) is 5.82 Å². The van der Waals surface area contributed by atoms with E-state index < -0.39 is 20.7 Å². The van der Waals surface area contributed by atoms with Crippen LogP contribution in [0.4, 0.5) is 10.1 Å². The van der Waals surface area contributed by atoms with E-state index in [0.29, 0.717) is 6.61 Å². The number of nitrogens with zero attached hydrogens (tertiary/aromatic N) is 1. The van der Waals surface area contributed by atoms with E-state index in [0.717, 1.165) is 18.9 Å². The maximum Gasteiger partial charge on any atom is 0.246 e. The molecule has 1 fully saturated rings. The molecule has 118 valence electrons. The lowest BCUT2D eigenvalue weighted by Crippen LogP contribution is -2.37. The highest BCUT2D eigenvalue weighted by atomic mass is 35.5. The fraction of sp³-hybridized carbons (Fsp3) is 0.538. The molecule has 5 nitrogen and oxygen atoms in total. The monoisotopic (exact) mass is 336 g/mol. The summed E-state index contributed by atoms with van der Waals surface area (Å²) < 4.78 is 45.9. The second-order valence-electron chi connectivity index (χ2n) is 4.91. The number of sulfonamides is 1. The van der Waals surface area contributed by atoms with Crippen LogP contribution in [0.25, 0.3) is 0 Å². The van der Waals surface area contributed by atoms with Gasteiger partial charge in [-0.05, 0) is 25.0 Å². The van der Waals surface area contributed by atoms with Gasteiger partial charge in [-0.3, -0.25) is 0 Å². The summed E-state index contributed by atoms with van der Waals surface area (Å²) in [4.78, 5) is -0.493. The number of nitrogens with two attached hydrogens (primary N) is 1. The summed E-state index contributed by atoms with van der Waals surface area (Å²) >= 11 is 5.68. The quantitative estimate of drug-likeness (QED) is 0.837. The summed E-state index contributed by atoms with van der Waals surface area (Å²) in [7, 11) is -4.00. The van der Waals surface area contributed by atoms with Crippen LogP contribution in [0.15, 0.2) is 17.0 Å². The van der Waals surface area contributed by atoms with Gasteiger partial charge in [0.05, 0.1) is 11.1 Å². The van der Waals surface area contributed by atoms with Crippen LogP contribution in [0.3, 0.4) is 0 Å². The maximum absolute atomic E-state index is 14.1. The Hall–Kier alpha value is -0.890. The summed E-state index contributed by atoms with van der Waals surface area (Å²) in [6, 6.07) is 2.28. The van der Waals surface area contributed by atoms with Gasteiger partial charge in [0.2, 0.25) is 10.0 Å². The van der Waals surface area contributed by atoms with Gasteiger partial charge in [-0.25, -0.2) is 12.8 Å². The molecule has 0 aliphatic carbocycles. The number of anilines is 1. The van der Waals surface area contributed by atoms with Gasteiger partial charge < -0.3 is 10.5 Å². The van der Waals surface area contributed by atoms with Crippen LogP contribution < -0.4 is 5.73 Å². The van der Waals surface area contributed by atoms with Crippen LogP contribution in [0.1, 0.15) is 19.8 Å². The van der Waals surface area contributed by atoms with Crippen molar-refractivity contribution in [1.29, 1.82) is 0 Å². The second-order valence-corrected chi connectivity index (χ2v) is 7.22. The summed E-state index contributed by atoms with van der Waals surface area (Å²) in [6.07, 6.45) is 1.55. The molecule has 0 saturated carbocycles. The topological polar surface area (TPSA) is 72.6 Å². The minimum absolute atomic E-state index is 0.105. The summed E-state index contributed by atoms with van der Waals surface area (Å²) in [6.45, 7) is 2.73. The molecule has 1 aromatic carbocycles. The molecule has 1 aromatic rings. The van der Waals surface area contributed by atoms with Crippen molar-refractivity contribution in [3.63, 3.8) is 0 Å². The van der Waals surface area contributed by atoms with Gasteiger partial charge in [0.15, 0.2) is 5.82 Å². The smallest absolute Gasteiger partial charge is 0.246 e. The first kappa shape index (κ1) is 16.5. The molecule has 0 spiro atoms. The minimum atomic E-state index is -4.00. The van der Waals surface area contributed by atoms with E-state index >= 15 is 0 Å². The highest BCUT2D eigenvalue weighted by Gasteiger charge is 2.31. The van der Waals surface area contributed by atoms with Crippen molar-refractivity contribution in [1.82, 2.24) is 4.31 Å². The summed E-state index contributed by atoms with van der Waals surface area (Å²) in [5, 5.41) is -0.304. The Balaban J connectivity index is 2.34. The zero-order chi connectivity index (χ0) is 15.6. The van der Waals surface area contributed by atoms with E-state index in [4.69, 9.17) is 22.1 Å². The van der Waals surface area contributed by atoms with Crippen molar-refractivity contribution in [2.24, 2.45) is 0 Å². The number of hydrogen-bond acceptors (Lipinski definition) is 4. The third kappa shape index (κ3) is 3.48. The summed E-state index contributed by atoms with van der Waals surface area (Å²) in [5.74, 6) is -0.975. The standard InChI is InChI=1S/C13H18ClFN2O3S/c1-2-17(8-10-4-3-5-20-10)21(18,19)12-7-9(16)6-11(14)13(12)15/h6-7,10H,2-5,8,16H2,1H3. The van der Waals surface area contributed by atoms with Gasteiger partial charge in [0.1, 0.15) is 4.90 Å². The van der Waals surface area contributed by atoms with Gasteiger partial charge in [0, 0.05) is 25.4 Å². The van der Waals surface area contributed by atoms with Crippen molar-refractivity contribution in [2.75, 3.05) is 25.4 Å². The van der Waals surface area contributed by atoms with Gasteiger partial charge in [-0.15, -0.1) is 0 Å². The molecule has 1 unspecified atom stereocenters. The average molecular weight is 337 g/mol. The first-order chi connectivity index (χ1) is 9.86. The number of nitrogen functional groups attached to an aromatic ring is 1. The zero-order valence-corrected chi connectivity index (χ0v) is 13.3. The molecule has 1 atom stereocenters. The predicted molar refractivity (Wildman–Crippen MR) is 79.2 cm³/mol. The molecule has 8 heteroatoms. The van der Waals surface area contributed by atoms with Crippen molar-refractivity contribution >= 4 is 27.3 Å². The average Bonchev–Trinajstić information content (AvgIpc) is 2.92. The number of halogens is 2. The van der Waals surface area contributed by atoms with E-state index in [2.05, 4.69) is 0 Å². The van der Waals surface area contributed by atoms with E-state index in [1.165, 1.54) is 10.4 Å². The minimum Gasteiger partial charge on any atom is -0.399 e. The van der Waals surface area contributed by atoms with Crippen molar-refractivity contribution in [3.05, 3.63) is 23.0 Å². The van der Waals surface area contributed by atoms with Gasteiger partial charge in [0.25, 0.3) is 0 Å². The molecule has 2 N–H and O–H groups in total. The summed E-state index contributed by atoms with van der Waals surface area (Å²) in [5.41, 5.74) is 5.68. The van der Waals surface area contributed by atoms with E-state index in [-0.39, 0.29) is 29.9 Å². The Morgan fingerprint density at radius 1 is 1.52 bits per heavy atom. The van der Waals surface area contributed by atoms with E-state index in [1.807, 2.05) is 0 Å². The van der Waals surface area contributed by atoms with E-state index in [1.54, 1.807) is 6.92 Å². The molecular weight excluding hydrogens is 319 g/mol. The SMILES string of the molecule is CCN(CC1CCCO1)S(=O)(=O)c1cc(N)cc(Cl)c1F. The van der Waals surface area contributed by atoms with Crippen LogP contribution in [0.5, 0.6) is 0 Å². The number of hydrogen-bond donors (Lipinski definition) is 1. The Morgan fingerprint density at radius 3 is 2.81 bits per heavy atom. The number of rotatable bonds is 5.